The quantitative estimate of drug-likeness (QED) is 0.273. The minimum atomic E-state index is -3.78. The second kappa shape index (κ2) is 12.3. The van der Waals surface area contributed by atoms with E-state index in [1.54, 1.807) is 36.1 Å². The average Bonchev–Trinajstić information content (AvgIpc) is 3.40. The minimum Gasteiger partial charge on any atom is -0.379 e. The molecule has 0 bridgehead atoms. The number of para-hydroxylation sites is 2. The van der Waals surface area contributed by atoms with Crippen LogP contribution in [0.3, 0.4) is 0 Å². The van der Waals surface area contributed by atoms with Crippen molar-refractivity contribution in [3.63, 3.8) is 0 Å². The molecule has 10 heteroatoms. The number of carbonyl (C=O) groups excluding carboxylic acids is 1. The number of ether oxygens (including phenoxy) is 1. The largest absolute Gasteiger partial charge is 0.379 e. The molecule has 0 aliphatic carbocycles. The highest BCUT2D eigenvalue weighted by atomic mass is 32.2. The number of hydrogen-bond donors (Lipinski definition) is 0. The van der Waals surface area contributed by atoms with E-state index >= 15 is 0 Å². The van der Waals surface area contributed by atoms with Crippen LogP contribution in [-0.2, 0) is 14.8 Å². The zero-order valence-corrected chi connectivity index (χ0v) is 23.5. The van der Waals surface area contributed by atoms with E-state index in [0.717, 1.165) is 49.5 Å². The number of thiazole rings is 1. The molecule has 0 saturated carbocycles. The van der Waals surface area contributed by atoms with Crippen molar-refractivity contribution in [3.8, 4) is 0 Å². The van der Waals surface area contributed by atoms with E-state index in [2.05, 4.69) is 4.90 Å². The number of benzene rings is 3. The zero-order chi connectivity index (χ0) is 27.2. The highest BCUT2D eigenvalue weighted by molar-refractivity contribution is 7.92. The van der Waals surface area contributed by atoms with Crippen molar-refractivity contribution in [2.45, 2.75) is 18.2 Å². The fourth-order valence-electron chi connectivity index (χ4n) is 4.67. The maximum absolute atomic E-state index is 13.8. The van der Waals surface area contributed by atoms with E-state index in [-0.39, 0.29) is 10.8 Å². The molecule has 3 aromatic carbocycles. The maximum atomic E-state index is 13.8. The van der Waals surface area contributed by atoms with Gasteiger partial charge in [-0.1, -0.05) is 41.7 Å². The number of morpholine rings is 1. The lowest BCUT2D eigenvalue weighted by Crippen LogP contribution is -2.39. The molecule has 8 nitrogen and oxygen atoms in total. The Kier molecular flexibility index (Phi) is 8.56. The summed E-state index contributed by atoms with van der Waals surface area (Å²) in [5, 5.41) is 0.640. The van der Waals surface area contributed by atoms with Crippen LogP contribution in [0.1, 0.15) is 23.7 Å². The Hall–Kier alpha value is -3.31. The molecule has 0 unspecified atom stereocenters. The van der Waals surface area contributed by atoms with Crippen molar-refractivity contribution >= 4 is 48.3 Å². The molecule has 1 amide bonds. The van der Waals surface area contributed by atoms with Crippen LogP contribution < -0.4 is 9.21 Å². The molecule has 2 heterocycles. The van der Waals surface area contributed by atoms with E-state index in [9.17, 15) is 13.2 Å². The first-order chi connectivity index (χ1) is 19.0. The van der Waals surface area contributed by atoms with Gasteiger partial charge >= 0.3 is 0 Å². The topological polar surface area (TPSA) is 83.1 Å². The molecular weight excluding hydrogens is 532 g/mol. The van der Waals surface area contributed by atoms with Crippen LogP contribution in [0.25, 0.3) is 10.2 Å². The van der Waals surface area contributed by atoms with Gasteiger partial charge in [-0.25, -0.2) is 13.4 Å². The van der Waals surface area contributed by atoms with Crippen LogP contribution in [0.5, 0.6) is 0 Å². The first kappa shape index (κ1) is 27.3. The van der Waals surface area contributed by atoms with Gasteiger partial charge in [-0.3, -0.25) is 18.9 Å². The molecule has 0 atom stereocenters. The number of carbonyl (C=O) groups is 1. The lowest BCUT2D eigenvalue weighted by atomic mass is 10.2. The molecule has 1 aromatic heterocycles. The lowest BCUT2D eigenvalue weighted by molar-refractivity contribution is 0.0376. The molecule has 1 fully saturated rings. The number of rotatable bonds is 10. The first-order valence-electron chi connectivity index (χ1n) is 13.1. The van der Waals surface area contributed by atoms with Crippen molar-refractivity contribution in [3.05, 3.63) is 84.4 Å². The van der Waals surface area contributed by atoms with Crippen LogP contribution in [-0.4, -0.2) is 70.1 Å². The van der Waals surface area contributed by atoms with Crippen molar-refractivity contribution in [2.24, 2.45) is 0 Å². The number of fused-ring (bicyclic) bond motifs is 1. The van der Waals surface area contributed by atoms with Gasteiger partial charge in [0.1, 0.15) is 0 Å². The van der Waals surface area contributed by atoms with Gasteiger partial charge in [0.25, 0.3) is 15.9 Å². The molecule has 204 valence electrons. The summed E-state index contributed by atoms with van der Waals surface area (Å²) in [4.78, 5) is 22.7. The monoisotopic (exact) mass is 564 g/mol. The Bertz CT molecular complexity index is 1470. The summed E-state index contributed by atoms with van der Waals surface area (Å²) in [5.41, 5.74) is 1.87. The van der Waals surface area contributed by atoms with Crippen molar-refractivity contribution in [2.75, 3.05) is 55.1 Å². The smallest absolute Gasteiger partial charge is 0.264 e. The normalized spacial score (nSPS) is 14.4. The number of hydrogen-bond acceptors (Lipinski definition) is 7. The molecule has 0 N–H and O–H groups in total. The molecule has 1 saturated heterocycles. The molecule has 0 spiro atoms. The molecule has 5 rings (SSSR count). The van der Waals surface area contributed by atoms with Gasteiger partial charge < -0.3 is 4.74 Å². The molecule has 4 aromatic rings. The fraction of sp³-hybridized carbons (Fsp3) is 0.310. The molecule has 0 radical (unpaired) electrons. The van der Waals surface area contributed by atoms with Crippen molar-refractivity contribution in [1.82, 2.24) is 9.88 Å². The van der Waals surface area contributed by atoms with Crippen LogP contribution in [0.2, 0.25) is 0 Å². The fourth-order valence-corrected chi connectivity index (χ4v) is 7.14. The second-order valence-electron chi connectivity index (χ2n) is 9.26. The summed E-state index contributed by atoms with van der Waals surface area (Å²) in [5.74, 6) is -0.199. The molecule has 39 heavy (non-hydrogen) atoms. The summed E-state index contributed by atoms with van der Waals surface area (Å²) in [6, 6.07) is 23.1. The third kappa shape index (κ3) is 6.14. The average molecular weight is 565 g/mol. The summed E-state index contributed by atoms with van der Waals surface area (Å²) < 4.78 is 34.6. The molecular formula is C29H32N4O4S2. The van der Waals surface area contributed by atoms with Gasteiger partial charge in [0, 0.05) is 38.3 Å². The van der Waals surface area contributed by atoms with Gasteiger partial charge in [0.2, 0.25) is 0 Å². The summed E-state index contributed by atoms with van der Waals surface area (Å²) in [6.07, 6.45) is 0.788. The minimum absolute atomic E-state index is 0.142. The van der Waals surface area contributed by atoms with Crippen LogP contribution in [0, 0.1) is 0 Å². The van der Waals surface area contributed by atoms with Gasteiger partial charge in [-0.05, 0) is 61.9 Å². The predicted molar refractivity (Wildman–Crippen MR) is 156 cm³/mol. The summed E-state index contributed by atoms with van der Waals surface area (Å²) in [7, 11) is -3.78. The molecule has 1 aliphatic heterocycles. The van der Waals surface area contributed by atoms with E-state index < -0.39 is 10.0 Å². The summed E-state index contributed by atoms with van der Waals surface area (Å²) in [6.45, 7) is 6.71. The SMILES string of the molecule is CCN(c1ccccc1)S(=O)(=O)c1ccc(C(=O)N(CCCN2CCOCC2)c2nc3ccccc3s2)cc1. The number of anilines is 2. The Morgan fingerprint density at radius 3 is 2.36 bits per heavy atom. The third-order valence-electron chi connectivity index (χ3n) is 6.74. The first-order valence-corrected chi connectivity index (χ1v) is 15.4. The van der Waals surface area contributed by atoms with Crippen molar-refractivity contribution < 1.29 is 17.9 Å². The highest BCUT2D eigenvalue weighted by Gasteiger charge is 2.26. The van der Waals surface area contributed by atoms with Crippen LogP contribution in [0.15, 0.2) is 83.8 Å². The lowest BCUT2D eigenvalue weighted by Gasteiger charge is -2.27. The highest BCUT2D eigenvalue weighted by Crippen LogP contribution is 2.30. The van der Waals surface area contributed by atoms with Crippen molar-refractivity contribution in [1.29, 1.82) is 0 Å². The number of amides is 1. The second-order valence-corrected chi connectivity index (χ2v) is 12.1. The van der Waals surface area contributed by atoms with E-state index in [1.807, 2.05) is 42.5 Å². The maximum Gasteiger partial charge on any atom is 0.264 e. The predicted octanol–water partition coefficient (Wildman–Crippen LogP) is 4.88. The van der Waals surface area contributed by atoms with Crippen LogP contribution >= 0.6 is 11.3 Å². The standard InChI is InChI=1S/C29H32N4O4S2/c1-2-33(24-9-4-3-5-10-24)39(35,36)25-15-13-23(14-16-25)28(34)32(18-8-17-31-19-21-37-22-20-31)29-30-26-11-6-7-12-27(26)38-29/h3-7,9-16H,2,8,17-22H2,1H3. The van der Waals surface area contributed by atoms with Gasteiger partial charge in [-0.2, -0.15) is 0 Å². The molecule has 1 aliphatic rings. The zero-order valence-electron chi connectivity index (χ0n) is 21.9. The number of nitrogens with zero attached hydrogens (tertiary/aromatic N) is 4. The van der Waals surface area contributed by atoms with E-state index in [1.165, 1.54) is 27.8 Å². The Balaban J connectivity index is 1.38. The Labute approximate surface area is 233 Å². The number of aromatic nitrogens is 1. The van der Waals surface area contributed by atoms with Gasteiger partial charge in [0.15, 0.2) is 5.13 Å². The third-order valence-corrected chi connectivity index (χ3v) is 9.72. The summed E-state index contributed by atoms with van der Waals surface area (Å²) >= 11 is 1.48. The van der Waals surface area contributed by atoms with E-state index in [0.29, 0.717) is 29.5 Å². The Morgan fingerprint density at radius 1 is 0.974 bits per heavy atom. The van der Waals surface area contributed by atoms with Gasteiger partial charge in [0.05, 0.1) is 34.0 Å². The number of sulfonamides is 1. The van der Waals surface area contributed by atoms with E-state index in [4.69, 9.17) is 9.72 Å². The van der Waals surface area contributed by atoms with Crippen LogP contribution in [0.4, 0.5) is 10.8 Å². The van der Waals surface area contributed by atoms with Gasteiger partial charge in [-0.15, -0.1) is 0 Å². The Morgan fingerprint density at radius 2 is 1.67 bits per heavy atom.